The van der Waals surface area contributed by atoms with Crippen LogP contribution in [0.3, 0.4) is 0 Å². The van der Waals surface area contributed by atoms with Gasteiger partial charge in [0.15, 0.2) is 0 Å². The number of nitrogens with two attached hydrogens (primary N) is 1. The molecule has 0 spiro atoms. The van der Waals surface area contributed by atoms with E-state index in [9.17, 15) is 4.39 Å². The summed E-state index contributed by atoms with van der Waals surface area (Å²) >= 11 is 1.48. The Morgan fingerprint density at radius 1 is 1.47 bits per heavy atom. The Balaban J connectivity index is 2.41. The normalized spacial score (nSPS) is 12.7. The molecule has 1 aromatic carbocycles. The van der Waals surface area contributed by atoms with Crippen LogP contribution in [0.15, 0.2) is 29.8 Å². The number of hydrogen-bond donors (Lipinski definition) is 1. The molecule has 0 amide bonds. The summed E-state index contributed by atoms with van der Waals surface area (Å²) in [7, 11) is 0. The maximum absolute atomic E-state index is 13.1. The standard InChI is InChI=1S/C11H11FN2S/c1-7-2-3-8(12)6-9(7)10(13)11-14-4-5-15-11/h2-6,10H,13H2,1H3. The van der Waals surface area contributed by atoms with E-state index in [0.717, 1.165) is 16.1 Å². The van der Waals surface area contributed by atoms with E-state index in [1.807, 2.05) is 12.3 Å². The molecule has 2 rings (SSSR count). The van der Waals surface area contributed by atoms with Crippen LogP contribution in [0.5, 0.6) is 0 Å². The first-order valence-electron chi connectivity index (χ1n) is 4.59. The number of thiazole rings is 1. The van der Waals surface area contributed by atoms with Crippen molar-refractivity contribution in [2.75, 3.05) is 0 Å². The highest BCUT2D eigenvalue weighted by atomic mass is 32.1. The molecule has 0 aliphatic heterocycles. The van der Waals surface area contributed by atoms with E-state index in [1.54, 1.807) is 12.3 Å². The van der Waals surface area contributed by atoms with Crippen molar-refractivity contribution in [1.82, 2.24) is 4.98 Å². The first-order chi connectivity index (χ1) is 7.18. The number of rotatable bonds is 2. The summed E-state index contributed by atoms with van der Waals surface area (Å²) in [5.41, 5.74) is 7.79. The lowest BCUT2D eigenvalue weighted by Crippen LogP contribution is -2.13. The van der Waals surface area contributed by atoms with E-state index < -0.39 is 0 Å². The third-order valence-corrected chi connectivity index (χ3v) is 3.15. The molecule has 0 saturated heterocycles. The van der Waals surface area contributed by atoms with Gasteiger partial charge in [0.2, 0.25) is 0 Å². The van der Waals surface area contributed by atoms with Crippen molar-refractivity contribution in [2.24, 2.45) is 5.73 Å². The van der Waals surface area contributed by atoms with Crippen LogP contribution in [0.2, 0.25) is 0 Å². The predicted octanol–water partition coefficient (Wildman–Crippen LogP) is 2.64. The molecule has 0 aliphatic carbocycles. The summed E-state index contributed by atoms with van der Waals surface area (Å²) in [6, 6.07) is 4.31. The van der Waals surface area contributed by atoms with Crippen molar-refractivity contribution < 1.29 is 4.39 Å². The first-order valence-corrected chi connectivity index (χ1v) is 5.47. The van der Waals surface area contributed by atoms with Crippen molar-refractivity contribution in [1.29, 1.82) is 0 Å². The lowest BCUT2D eigenvalue weighted by molar-refractivity contribution is 0.622. The van der Waals surface area contributed by atoms with Crippen LogP contribution in [0.25, 0.3) is 0 Å². The second kappa shape index (κ2) is 4.08. The minimum Gasteiger partial charge on any atom is -0.318 e. The van der Waals surface area contributed by atoms with Gasteiger partial charge in [0.1, 0.15) is 10.8 Å². The third-order valence-electron chi connectivity index (χ3n) is 2.29. The second-order valence-electron chi connectivity index (χ2n) is 3.35. The van der Waals surface area contributed by atoms with Gasteiger partial charge < -0.3 is 5.73 Å². The molecule has 2 nitrogen and oxygen atoms in total. The minimum absolute atomic E-state index is 0.261. The molecular formula is C11H11FN2S. The number of benzene rings is 1. The maximum Gasteiger partial charge on any atom is 0.123 e. The highest BCUT2D eigenvalue weighted by Gasteiger charge is 2.14. The quantitative estimate of drug-likeness (QED) is 0.848. The molecule has 1 atom stereocenters. The zero-order chi connectivity index (χ0) is 10.8. The fourth-order valence-electron chi connectivity index (χ4n) is 1.47. The van der Waals surface area contributed by atoms with Crippen LogP contribution in [0.4, 0.5) is 4.39 Å². The largest absolute Gasteiger partial charge is 0.318 e. The Bertz CT molecular complexity index is 454. The van der Waals surface area contributed by atoms with Gasteiger partial charge in [-0.3, -0.25) is 0 Å². The Labute approximate surface area is 91.6 Å². The van der Waals surface area contributed by atoms with Crippen LogP contribution in [-0.2, 0) is 0 Å². The van der Waals surface area contributed by atoms with Crippen LogP contribution < -0.4 is 5.73 Å². The second-order valence-corrected chi connectivity index (χ2v) is 4.28. The molecule has 0 saturated carbocycles. The fourth-order valence-corrected chi connectivity index (χ4v) is 2.12. The number of aromatic nitrogens is 1. The van der Waals surface area contributed by atoms with Gasteiger partial charge in [-0.1, -0.05) is 6.07 Å². The highest BCUT2D eigenvalue weighted by Crippen LogP contribution is 2.24. The number of hydrogen-bond acceptors (Lipinski definition) is 3. The van der Waals surface area contributed by atoms with Crippen molar-refractivity contribution in [3.8, 4) is 0 Å². The van der Waals surface area contributed by atoms with Crippen molar-refractivity contribution in [3.05, 3.63) is 51.7 Å². The van der Waals surface area contributed by atoms with Crippen LogP contribution in [0, 0.1) is 12.7 Å². The van der Waals surface area contributed by atoms with Crippen molar-refractivity contribution in [2.45, 2.75) is 13.0 Å². The summed E-state index contributed by atoms with van der Waals surface area (Å²) in [6.45, 7) is 1.92. The Morgan fingerprint density at radius 2 is 2.27 bits per heavy atom. The molecule has 15 heavy (non-hydrogen) atoms. The van der Waals surface area contributed by atoms with Gasteiger partial charge in [-0.15, -0.1) is 11.3 Å². The average molecular weight is 222 g/mol. The molecule has 0 radical (unpaired) electrons. The lowest BCUT2D eigenvalue weighted by Gasteiger charge is -2.11. The van der Waals surface area contributed by atoms with Crippen LogP contribution >= 0.6 is 11.3 Å². The molecule has 0 aliphatic rings. The zero-order valence-electron chi connectivity index (χ0n) is 8.27. The van der Waals surface area contributed by atoms with Gasteiger partial charge in [0.05, 0.1) is 6.04 Å². The molecular weight excluding hydrogens is 211 g/mol. The lowest BCUT2D eigenvalue weighted by atomic mass is 10.0. The summed E-state index contributed by atoms with van der Waals surface area (Å²) in [5, 5.41) is 2.67. The van der Waals surface area contributed by atoms with E-state index in [0.29, 0.717) is 0 Å². The number of halogens is 1. The topological polar surface area (TPSA) is 38.9 Å². The summed E-state index contributed by atoms with van der Waals surface area (Å²) in [5.74, 6) is -0.261. The molecule has 78 valence electrons. The minimum atomic E-state index is -0.333. The highest BCUT2D eigenvalue weighted by molar-refractivity contribution is 7.09. The van der Waals surface area contributed by atoms with E-state index >= 15 is 0 Å². The number of nitrogens with zero attached hydrogens (tertiary/aromatic N) is 1. The molecule has 4 heteroatoms. The maximum atomic E-state index is 13.1. The molecule has 0 bridgehead atoms. The smallest absolute Gasteiger partial charge is 0.123 e. The van der Waals surface area contributed by atoms with Crippen molar-refractivity contribution >= 4 is 11.3 Å². The Hall–Kier alpha value is -1.26. The molecule has 2 aromatic rings. The first kappa shape index (κ1) is 10.3. The van der Waals surface area contributed by atoms with E-state index in [2.05, 4.69) is 4.98 Å². The van der Waals surface area contributed by atoms with Crippen LogP contribution in [-0.4, -0.2) is 4.98 Å². The van der Waals surface area contributed by atoms with E-state index in [-0.39, 0.29) is 11.9 Å². The monoisotopic (exact) mass is 222 g/mol. The third kappa shape index (κ3) is 2.06. The molecule has 1 heterocycles. The summed E-state index contributed by atoms with van der Waals surface area (Å²) in [4.78, 5) is 4.13. The van der Waals surface area contributed by atoms with Gasteiger partial charge in [-0.2, -0.15) is 0 Å². The Kier molecular flexibility index (Phi) is 2.79. The Morgan fingerprint density at radius 3 is 2.93 bits per heavy atom. The van der Waals surface area contributed by atoms with E-state index in [1.165, 1.54) is 23.5 Å². The predicted molar refractivity (Wildman–Crippen MR) is 59.3 cm³/mol. The molecule has 1 unspecified atom stereocenters. The van der Waals surface area contributed by atoms with Crippen molar-refractivity contribution in [3.63, 3.8) is 0 Å². The van der Waals surface area contributed by atoms with Gasteiger partial charge in [0.25, 0.3) is 0 Å². The van der Waals surface area contributed by atoms with Crippen LogP contribution in [0.1, 0.15) is 22.2 Å². The molecule has 2 N–H and O–H groups in total. The fraction of sp³-hybridized carbons (Fsp3) is 0.182. The van der Waals surface area contributed by atoms with Gasteiger partial charge in [0, 0.05) is 11.6 Å². The van der Waals surface area contributed by atoms with E-state index in [4.69, 9.17) is 5.73 Å². The average Bonchev–Trinajstić information content (AvgIpc) is 2.74. The SMILES string of the molecule is Cc1ccc(F)cc1C(N)c1nccs1. The number of aryl methyl sites for hydroxylation is 1. The summed E-state index contributed by atoms with van der Waals surface area (Å²) in [6.07, 6.45) is 1.70. The molecule has 1 aromatic heterocycles. The summed E-state index contributed by atoms with van der Waals surface area (Å²) < 4.78 is 13.1. The van der Waals surface area contributed by atoms with Gasteiger partial charge in [-0.25, -0.2) is 9.37 Å². The van der Waals surface area contributed by atoms with Gasteiger partial charge >= 0.3 is 0 Å². The molecule has 0 fully saturated rings. The van der Waals surface area contributed by atoms with Gasteiger partial charge in [-0.05, 0) is 30.2 Å². The zero-order valence-corrected chi connectivity index (χ0v) is 9.09.